The molecule has 0 saturated carbocycles. The van der Waals surface area contributed by atoms with Gasteiger partial charge in [0, 0.05) is 67.1 Å². The molecule has 0 unspecified atom stereocenters. The number of anilines is 1. The van der Waals surface area contributed by atoms with Gasteiger partial charge in [-0.05, 0) is 61.7 Å². The molecule has 2 aliphatic heterocycles. The van der Waals surface area contributed by atoms with Crippen LogP contribution in [0.4, 0.5) is 5.69 Å². The van der Waals surface area contributed by atoms with Crippen LogP contribution in [0.1, 0.15) is 28.8 Å². The van der Waals surface area contributed by atoms with Gasteiger partial charge in [0.05, 0.1) is 10.4 Å². The smallest absolute Gasteiger partial charge is 0.254 e. The molecule has 2 fully saturated rings. The van der Waals surface area contributed by atoms with Gasteiger partial charge in [-0.25, -0.2) is 8.42 Å². The average molecular weight is 499 g/mol. The number of hydrogen-bond donors (Lipinski definition) is 0. The lowest BCUT2D eigenvalue weighted by atomic mass is 10.1. The molecule has 3 heterocycles. The highest BCUT2D eigenvalue weighted by atomic mass is 35.5. The van der Waals surface area contributed by atoms with Gasteiger partial charge in [0.2, 0.25) is 10.0 Å². The highest BCUT2D eigenvalue weighted by Gasteiger charge is 2.29. The molecule has 2 saturated heterocycles. The fourth-order valence-corrected chi connectivity index (χ4v) is 6.48. The molecule has 178 valence electrons. The second-order valence-corrected chi connectivity index (χ2v) is 11.2. The highest BCUT2D eigenvalue weighted by Crippen LogP contribution is 2.29. The Labute approximate surface area is 205 Å². The third-order valence-electron chi connectivity index (χ3n) is 6.73. The summed E-state index contributed by atoms with van der Waals surface area (Å²) in [7, 11) is -3.57. The molecule has 0 bridgehead atoms. The summed E-state index contributed by atoms with van der Waals surface area (Å²) in [6, 6.07) is 12.6. The Balaban J connectivity index is 1.34. The average Bonchev–Trinajstić information content (AvgIpc) is 3.39. The van der Waals surface area contributed by atoms with Crippen LogP contribution in [0.15, 0.2) is 53.6 Å². The Morgan fingerprint density at radius 2 is 1.68 bits per heavy atom. The van der Waals surface area contributed by atoms with Gasteiger partial charge >= 0.3 is 0 Å². The minimum atomic E-state index is -3.57. The lowest BCUT2D eigenvalue weighted by molar-refractivity contribution is 0.0746. The molecular formula is C25H27ClN4O3S. The Bertz CT molecular complexity index is 1350. The fraction of sp³-hybridized carbons (Fsp3) is 0.360. The number of carbonyl (C=O) groups excluding carboxylic acids is 1. The van der Waals surface area contributed by atoms with Crippen molar-refractivity contribution in [3.8, 4) is 0 Å². The summed E-state index contributed by atoms with van der Waals surface area (Å²) < 4.78 is 27.5. The van der Waals surface area contributed by atoms with E-state index in [-0.39, 0.29) is 10.8 Å². The van der Waals surface area contributed by atoms with Crippen molar-refractivity contribution in [3.05, 3.63) is 64.8 Å². The van der Waals surface area contributed by atoms with E-state index in [9.17, 15) is 13.2 Å². The first-order chi connectivity index (χ1) is 16.3. The van der Waals surface area contributed by atoms with E-state index in [1.54, 1.807) is 24.4 Å². The van der Waals surface area contributed by atoms with Crippen LogP contribution < -0.4 is 4.90 Å². The summed E-state index contributed by atoms with van der Waals surface area (Å²) in [5, 5.41) is 1.68. The summed E-state index contributed by atoms with van der Waals surface area (Å²) in [6.07, 6.45) is 3.53. The summed E-state index contributed by atoms with van der Waals surface area (Å²) in [5.41, 5.74) is 3.15. The highest BCUT2D eigenvalue weighted by molar-refractivity contribution is 7.89. The van der Waals surface area contributed by atoms with Crippen molar-refractivity contribution in [2.45, 2.75) is 24.7 Å². The molecule has 0 N–H and O–H groups in total. The fourth-order valence-electron chi connectivity index (χ4n) is 4.77. The van der Waals surface area contributed by atoms with Crippen molar-refractivity contribution < 1.29 is 13.2 Å². The molecule has 0 atom stereocenters. The van der Waals surface area contributed by atoms with Crippen LogP contribution >= 0.6 is 11.6 Å². The molecule has 1 aromatic heterocycles. The number of nitrogens with zero attached hydrogens (tertiary/aromatic N) is 4. The van der Waals surface area contributed by atoms with Crippen molar-refractivity contribution in [3.63, 3.8) is 0 Å². The predicted octanol–water partition coefficient (Wildman–Crippen LogP) is 3.94. The molecule has 2 aliphatic rings. The summed E-state index contributed by atoms with van der Waals surface area (Å²) in [4.78, 5) is 22.1. The number of carbonyl (C=O) groups is 1. The molecule has 34 heavy (non-hydrogen) atoms. The number of piperazine rings is 1. The maximum absolute atomic E-state index is 13.4. The summed E-state index contributed by atoms with van der Waals surface area (Å²) in [6.45, 7) is 5.40. The Morgan fingerprint density at radius 3 is 2.41 bits per heavy atom. The van der Waals surface area contributed by atoms with Gasteiger partial charge in [0.15, 0.2) is 0 Å². The number of aromatic nitrogens is 1. The normalized spacial score (nSPS) is 17.5. The number of halogens is 1. The Morgan fingerprint density at radius 1 is 0.941 bits per heavy atom. The van der Waals surface area contributed by atoms with E-state index in [1.807, 2.05) is 36.1 Å². The second kappa shape index (κ2) is 9.17. The standard InChI is InChI=1S/C25H27ClN4O3S/c1-18-4-6-20(34(32,33)30-10-2-3-11-30)17-22(18)25(31)29-14-12-28(13-15-29)24-8-9-27-23-16-19(26)5-7-21(23)24/h4-9,16-17H,2-3,10-15H2,1H3. The van der Waals surface area contributed by atoms with Crippen molar-refractivity contribution in [1.82, 2.24) is 14.2 Å². The Kier molecular flexibility index (Phi) is 6.22. The van der Waals surface area contributed by atoms with Gasteiger partial charge in [0.1, 0.15) is 0 Å². The van der Waals surface area contributed by atoms with Crippen LogP contribution in [0.25, 0.3) is 10.9 Å². The lowest BCUT2D eigenvalue weighted by Crippen LogP contribution is -2.49. The molecular weight excluding hydrogens is 472 g/mol. The van der Waals surface area contributed by atoms with Crippen LogP contribution in [0.3, 0.4) is 0 Å². The van der Waals surface area contributed by atoms with Gasteiger partial charge < -0.3 is 9.80 Å². The van der Waals surface area contributed by atoms with E-state index in [1.165, 1.54) is 4.31 Å². The number of sulfonamides is 1. The lowest BCUT2D eigenvalue weighted by Gasteiger charge is -2.36. The quantitative estimate of drug-likeness (QED) is 0.544. The van der Waals surface area contributed by atoms with E-state index >= 15 is 0 Å². The first-order valence-corrected chi connectivity index (χ1v) is 13.4. The molecule has 7 nitrogen and oxygen atoms in total. The van der Waals surface area contributed by atoms with Gasteiger partial charge in [-0.3, -0.25) is 9.78 Å². The molecule has 9 heteroatoms. The minimum absolute atomic E-state index is 0.123. The predicted molar refractivity (Wildman–Crippen MR) is 134 cm³/mol. The van der Waals surface area contributed by atoms with Gasteiger partial charge in [-0.1, -0.05) is 17.7 Å². The van der Waals surface area contributed by atoms with E-state index in [2.05, 4.69) is 9.88 Å². The summed E-state index contributed by atoms with van der Waals surface area (Å²) >= 11 is 6.12. The number of hydrogen-bond acceptors (Lipinski definition) is 5. The largest absolute Gasteiger partial charge is 0.367 e. The third kappa shape index (κ3) is 4.26. The maximum Gasteiger partial charge on any atom is 0.254 e. The van der Waals surface area contributed by atoms with Gasteiger partial charge in [-0.15, -0.1) is 0 Å². The van der Waals surface area contributed by atoms with Crippen molar-refractivity contribution in [2.75, 3.05) is 44.2 Å². The first-order valence-electron chi connectivity index (χ1n) is 11.5. The topological polar surface area (TPSA) is 73.8 Å². The number of pyridine rings is 1. The van der Waals surface area contributed by atoms with E-state index in [0.717, 1.165) is 35.0 Å². The Hall–Kier alpha value is -2.68. The van der Waals surface area contributed by atoms with Crippen LogP contribution in [0, 0.1) is 6.92 Å². The van der Waals surface area contributed by atoms with Gasteiger partial charge in [0.25, 0.3) is 5.91 Å². The SMILES string of the molecule is Cc1ccc(S(=O)(=O)N2CCCC2)cc1C(=O)N1CCN(c2ccnc3cc(Cl)ccc23)CC1. The van der Waals surface area contributed by atoms with Crippen molar-refractivity contribution in [1.29, 1.82) is 0 Å². The molecule has 0 spiro atoms. The van der Waals surface area contributed by atoms with E-state index in [4.69, 9.17) is 11.6 Å². The number of amides is 1. The first kappa shape index (κ1) is 23.1. The monoisotopic (exact) mass is 498 g/mol. The van der Waals surface area contributed by atoms with Crippen LogP contribution in [-0.2, 0) is 10.0 Å². The zero-order valence-corrected chi connectivity index (χ0v) is 20.6. The minimum Gasteiger partial charge on any atom is -0.367 e. The molecule has 5 rings (SSSR count). The molecule has 3 aromatic rings. The molecule has 0 radical (unpaired) electrons. The molecule has 1 amide bonds. The molecule has 2 aromatic carbocycles. The van der Waals surface area contributed by atoms with Crippen LogP contribution in [-0.4, -0.2) is 67.8 Å². The van der Waals surface area contributed by atoms with Crippen molar-refractivity contribution >= 4 is 44.1 Å². The van der Waals surface area contributed by atoms with Crippen LogP contribution in [0.2, 0.25) is 5.02 Å². The van der Waals surface area contributed by atoms with Crippen molar-refractivity contribution in [2.24, 2.45) is 0 Å². The zero-order chi connectivity index (χ0) is 23.9. The molecule has 0 aliphatic carbocycles. The maximum atomic E-state index is 13.4. The zero-order valence-electron chi connectivity index (χ0n) is 19.1. The number of benzene rings is 2. The van der Waals surface area contributed by atoms with E-state index in [0.29, 0.717) is 49.9 Å². The number of aryl methyl sites for hydroxylation is 1. The van der Waals surface area contributed by atoms with E-state index < -0.39 is 10.0 Å². The third-order valence-corrected chi connectivity index (χ3v) is 8.86. The summed E-state index contributed by atoms with van der Waals surface area (Å²) in [5.74, 6) is -0.123. The van der Waals surface area contributed by atoms with Crippen LogP contribution in [0.5, 0.6) is 0 Å². The van der Waals surface area contributed by atoms with Gasteiger partial charge in [-0.2, -0.15) is 4.31 Å². The second-order valence-electron chi connectivity index (χ2n) is 8.86. The number of fused-ring (bicyclic) bond motifs is 1. The number of rotatable bonds is 4.